The van der Waals surface area contributed by atoms with E-state index in [9.17, 15) is 19.5 Å². The molecular formula is C23H31N3O4. The summed E-state index contributed by atoms with van der Waals surface area (Å²) in [5, 5.41) is 10.5. The van der Waals surface area contributed by atoms with Gasteiger partial charge in [0.25, 0.3) is 11.7 Å². The first-order chi connectivity index (χ1) is 14.5. The number of H-pyrrole nitrogens is 1. The van der Waals surface area contributed by atoms with Gasteiger partial charge >= 0.3 is 5.97 Å². The van der Waals surface area contributed by atoms with E-state index in [1.54, 1.807) is 6.07 Å². The van der Waals surface area contributed by atoms with Crippen LogP contribution in [-0.4, -0.2) is 51.8 Å². The molecule has 2 aromatic rings. The molecule has 7 heteroatoms. The van der Waals surface area contributed by atoms with E-state index in [0.29, 0.717) is 37.7 Å². The Labute approximate surface area is 176 Å². The van der Waals surface area contributed by atoms with Gasteiger partial charge in [0.2, 0.25) is 0 Å². The number of carboxylic acid groups (broad SMARTS) is 1. The molecular weight excluding hydrogens is 382 g/mol. The Morgan fingerprint density at radius 1 is 1.13 bits per heavy atom. The van der Waals surface area contributed by atoms with E-state index in [-0.39, 0.29) is 11.5 Å². The monoisotopic (exact) mass is 413 g/mol. The molecule has 1 heterocycles. The maximum atomic E-state index is 13.3. The second-order valence-electron chi connectivity index (χ2n) is 8.18. The van der Waals surface area contributed by atoms with Gasteiger partial charge in [-0.05, 0) is 50.6 Å². The predicted octanol–water partition coefficient (Wildman–Crippen LogP) is 3.34. The number of carboxylic acids is 1. The van der Waals surface area contributed by atoms with Crippen LogP contribution in [0.15, 0.2) is 30.5 Å². The summed E-state index contributed by atoms with van der Waals surface area (Å²) < 4.78 is 0. The number of unbranched alkanes of at least 4 members (excludes halogenated alkanes) is 1. The minimum absolute atomic E-state index is 0.231. The highest BCUT2D eigenvalue weighted by atomic mass is 16.4. The molecule has 0 unspecified atom stereocenters. The molecule has 30 heavy (non-hydrogen) atoms. The summed E-state index contributed by atoms with van der Waals surface area (Å²) in [5.41, 5.74) is 6.61. The van der Waals surface area contributed by atoms with Gasteiger partial charge in [0.05, 0.1) is 5.56 Å². The minimum atomic E-state index is -1.07. The summed E-state index contributed by atoms with van der Waals surface area (Å²) in [4.78, 5) is 42.8. The van der Waals surface area contributed by atoms with Crippen LogP contribution >= 0.6 is 0 Å². The van der Waals surface area contributed by atoms with Crippen LogP contribution in [0, 0.1) is 5.92 Å². The number of carbonyl (C=O) groups is 3. The van der Waals surface area contributed by atoms with Crippen molar-refractivity contribution in [2.45, 2.75) is 57.4 Å². The van der Waals surface area contributed by atoms with Crippen LogP contribution in [0.1, 0.15) is 61.7 Å². The number of rotatable bonds is 10. The number of ketones is 1. The van der Waals surface area contributed by atoms with Crippen LogP contribution in [0.25, 0.3) is 10.9 Å². The normalized spacial score (nSPS) is 15.8. The van der Waals surface area contributed by atoms with Crippen molar-refractivity contribution >= 4 is 28.6 Å². The van der Waals surface area contributed by atoms with Crippen molar-refractivity contribution < 1.29 is 19.5 Å². The molecule has 1 atom stereocenters. The molecule has 0 aliphatic heterocycles. The van der Waals surface area contributed by atoms with Gasteiger partial charge in [0.1, 0.15) is 6.04 Å². The average Bonchev–Trinajstić information content (AvgIpc) is 3.19. The molecule has 0 bridgehead atoms. The molecule has 7 nitrogen and oxygen atoms in total. The largest absolute Gasteiger partial charge is 0.480 e. The molecule has 1 amide bonds. The lowest BCUT2D eigenvalue weighted by molar-refractivity contribution is -0.149. The van der Waals surface area contributed by atoms with E-state index in [2.05, 4.69) is 4.98 Å². The fourth-order valence-corrected chi connectivity index (χ4v) is 4.40. The van der Waals surface area contributed by atoms with Crippen molar-refractivity contribution in [3.63, 3.8) is 0 Å². The average molecular weight is 414 g/mol. The summed E-state index contributed by atoms with van der Waals surface area (Å²) in [6.45, 7) is 0.781. The molecule has 1 aliphatic rings. The third-order valence-electron chi connectivity index (χ3n) is 6.06. The SMILES string of the molecule is NCCCC[C@@H](C(=O)O)N(CC1CCCCC1)C(=O)C(=O)c1c[nH]c2ccccc12. The molecule has 4 N–H and O–H groups in total. The Morgan fingerprint density at radius 3 is 2.57 bits per heavy atom. The first-order valence-corrected chi connectivity index (χ1v) is 10.9. The highest BCUT2D eigenvalue weighted by Crippen LogP contribution is 2.27. The Bertz CT molecular complexity index is 885. The molecule has 0 radical (unpaired) electrons. The fourth-order valence-electron chi connectivity index (χ4n) is 4.40. The third kappa shape index (κ3) is 5.08. The maximum absolute atomic E-state index is 13.3. The second-order valence-corrected chi connectivity index (χ2v) is 8.18. The van der Waals surface area contributed by atoms with E-state index >= 15 is 0 Å². The van der Waals surface area contributed by atoms with Crippen LogP contribution in [0.3, 0.4) is 0 Å². The highest BCUT2D eigenvalue weighted by molar-refractivity contribution is 6.45. The number of Topliss-reactive ketones (excluding diaryl/α,β-unsaturated/α-hetero) is 1. The number of nitrogens with two attached hydrogens (primary N) is 1. The number of aliphatic carboxylic acids is 1. The van der Waals surface area contributed by atoms with Crippen molar-refractivity contribution in [2.75, 3.05) is 13.1 Å². The lowest BCUT2D eigenvalue weighted by Gasteiger charge is -2.33. The van der Waals surface area contributed by atoms with Crippen LogP contribution in [0.2, 0.25) is 0 Å². The van der Waals surface area contributed by atoms with Crippen molar-refractivity contribution in [2.24, 2.45) is 11.7 Å². The van der Waals surface area contributed by atoms with E-state index in [1.807, 2.05) is 18.2 Å². The zero-order chi connectivity index (χ0) is 21.5. The van der Waals surface area contributed by atoms with Crippen LogP contribution < -0.4 is 5.73 Å². The molecule has 3 rings (SSSR count). The molecule has 1 aliphatic carbocycles. The van der Waals surface area contributed by atoms with Gasteiger partial charge in [-0.3, -0.25) is 9.59 Å². The first-order valence-electron chi connectivity index (χ1n) is 10.9. The lowest BCUT2D eigenvalue weighted by Crippen LogP contribution is -2.50. The zero-order valence-electron chi connectivity index (χ0n) is 17.3. The molecule has 1 fully saturated rings. The minimum Gasteiger partial charge on any atom is -0.480 e. The van der Waals surface area contributed by atoms with E-state index in [0.717, 1.165) is 37.6 Å². The highest BCUT2D eigenvalue weighted by Gasteiger charge is 2.35. The Balaban J connectivity index is 1.87. The first kappa shape index (κ1) is 22.0. The molecule has 1 aromatic heterocycles. The van der Waals surface area contributed by atoms with Gasteiger partial charge in [-0.15, -0.1) is 0 Å². The molecule has 1 aromatic carbocycles. The van der Waals surface area contributed by atoms with Gasteiger partial charge in [-0.1, -0.05) is 37.5 Å². The number of benzene rings is 1. The van der Waals surface area contributed by atoms with Crippen LogP contribution in [0.5, 0.6) is 0 Å². The summed E-state index contributed by atoms with van der Waals surface area (Å²) in [7, 11) is 0. The number of aromatic nitrogens is 1. The van der Waals surface area contributed by atoms with E-state index < -0.39 is 23.7 Å². The molecule has 1 saturated carbocycles. The summed E-state index contributed by atoms with van der Waals surface area (Å²) in [5.74, 6) is -2.23. The summed E-state index contributed by atoms with van der Waals surface area (Å²) >= 11 is 0. The van der Waals surface area contributed by atoms with E-state index in [4.69, 9.17) is 5.73 Å². The predicted molar refractivity (Wildman–Crippen MR) is 115 cm³/mol. The number of aromatic amines is 1. The van der Waals surface area contributed by atoms with E-state index in [1.165, 1.54) is 11.1 Å². The number of hydrogen-bond acceptors (Lipinski definition) is 4. The summed E-state index contributed by atoms with van der Waals surface area (Å²) in [6.07, 6.45) is 8.36. The Kier molecular flexibility index (Phi) is 7.63. The number of carbonyl (C=O) groups excluding carboxylic acids is 2. The number of fused-ring (bicyclic) bond motifs is 1. The van der Waals surface area contributed by atoms with Crippen LogP contribution in [0.4, 0.5) is 0 Å². The van der Waals surface area contributed by atoms with Crippen molar-refractivity contribution in [1.29, 1.82) is 0 Å². The number of para-hydroxylation sites is 1. The van der Waals surface area contributed by atoms with Crippen molar-refractivity contribution in [3.05, 3.63) is 36.0 Å². The van der Waals surface area contributed by atoms with Gasteiger partial charge < -0.3 is 20.7 Å². The Hall–Kier alpha value is -2.67. The van der Waals surface area contributed by atoms with Gasteiger partial charge in [0.15, 0.2) is 0 Å². The standard InChI is InChI=1S/C23H31N3O4/c24-13-7-6-12-20(23(29)30)26(15-16-8-2-1-3-9-16)22(28)21(27)18-14-25-19-11-5-4-10-17(18)19/h4-5,10-11,14,16,20,25H,1-3,6-9,12-13,15,24H2,(H,29,30)/t20-/m0/s1. The van der Waals surface area contributed by atoms with Crippen LogP contribution in [-0.2, 0) is 9.59 Å². The molecule has 0 spiro atoms. The van der Waals surface area contributed by atoms with Gasteiger partial charge in [-0.25, -0.2) is 4.79 Å². The third-order valence-corrected chi connectivity index (χ3v) is 6.06. The number of nitrogens with one attached hydrogen (secondary N) is 1. The summed E-state index contributed by atoms with van der Waals surface area (Å²) in [6, 6.07) is 6.27. The van der Waals surface area contributed by atoms with Crippen molar-refractivity contribution in [3.8, 4) is 0 Å². The van der Waals surface area contributed by atoms with Gasteiger partial charge in [0, 0.05) is 23.6 Å². The number of nitrogens with zero attached hydrogens (tertiary/aromatic N) is 1. The van der Waals surface area contributed by atoms with Gasteiger partial charge in [-0.2, -0.15) is 0 Å². The maximum Gasteiger partial charge on any atom is 0.326 e. The number of hydrogen-bond donors (Lipinski definition) is 3. The fraction of sp³-hybridized carbons (Fsp3) is 0.522. The quantitative estimate of drug-likeness (QED) is 0.314. The topological polar surface area (TPSA) is 116 Å². The zero-order valence-corrected chi connectivity index (χ0v) is 17.3. The van der Waals surface area contributed by atoms with Crippen molar-refractivity contribution in [1.82, 2.24) is 9.88 Å². The lowest BCUT2D eigenvalue weighted by atomic mass is 9.88. The Morgan fingerprint density at radius 2 is 1.87 bits per heavy atom. The molecule has 162 valence electrons. The number of amides is 1. The second kappa shape index (κ2) is 10.4. The smallest absolute Gasteiger partial charge is 0.326 e. The molecule has 0 saturated heterocycles.